The molecule has 4 N–H and O–H groups in total. The summed E-state index contributed by atoms with van der Waals surface area (Å²) in [6.45, 7) is 8.76. The first-order valence-corrected chi connectivity index (χ1v) is 21.7. The van der Waals surface area contributed by atoms with E-state index in [9.17, 15) is 19.2 Å². The zero-order chi connectivity index (χ0) is 44.8. The Morgan fingerprint density at radius 1 is 1.02 bits per heavy atom. The van der Waals surface area contributed by atoms with E-state index in [2.05, 4.69) is 30.4 Å². The Labute approximate surface area is 374 Å². The highest BCUT2D eigenvalue weighted by atomic mass is 35.5. The summed E-state index contributed by atoms with van der Waals surface area (Å²) >= 11 is 6.01. The number of imidazole rings is 1. The highest BCUT2D eigenvalue weighted by molar-refractivity contribution is 6.30. The lowest BCUT2D eigenvalue weighted by molar-refractivity contribution is -0.125. The molecule has 0 saturated carbocycles. The quantitative estimate of drug-likeness (QED) is 0.0754. The lowest BCUT2D eigenvalue weighted by Crippen LogP contribution is -2.61. The third-order valence-corrected chi connectivity index (χ3v) is 12.4. The maximum atomic E-state index is 15.8. The molecule has 0 bridgehead atoms. The second-order valence-electron chi connectivity index (χ2n) is 16.4. The molecule has 1 unspecified atom stereocenters. The summed E-state index contributed by atoms with van der Waals surface area (Å²) in [6.07, 6.45) is 7.76. The number of ether oxygens (including phenoxy) is 3. The minimum atomic E-state index is -0.624. The molecule has 17 nitrogen and oxygen atoms in total. The van der Waals surface area contributed by atoms with Crippen LogP contribution in [0.4, 0.5) is 22.0 Å². The van der Waals surface area contributed by atoms with Crippen LogP contribution in [0.3, 0.4) is 0 Å². The number of aromatic nitrogens is 4. The summed E-state index contributed by atoms with van der Waals surface area (Å²) in [7, 11) is 0. The SMILES string of the molecule is CC(CCC(=O)NC=O)N1Cc2cccc(OCCOCCOCCN3CC4(CCN(c5nc(-c6ccc(C(=O)Nc7cc(Cl)ccn7)cc6F)c6c(N)nccn56)CC4)C3)c2C1=O. The van der Waals surface area contributed by atoms with Gasteiger partial charge in [0.05, 0.1) is 32.0 Å². The van der Waals surface area contributed by atoms with Crippen molar-refractivity contribution in [3.05, 3.63) is 94.7 Å². The van der Waals surface area contributed by atoms with E-state index in [1.807, 2.05) is 23.5 Å². The van der Waals surface area contributed by atoms with Crippen LogP contribution in [0.25, 0.3) is 16.8 Å². The standard InChI is InChI=1S/C45H50ClFN10O7/c1-29(5-8-37(59)51-28-58)57-25-31-3-2-4-35(38(31)43(57)61)64-22-21-63-20-19-62-18-17-54-26-45(27-54)10-14-55(15-11-45)44-53-39(40-41(48)50-13-16-56(40)44)33-7-6-30(23-34(33)47)42(60)52-36-24-32(46)9-12-49-36/h2-4,6-7,9,12-13,16,23-24,28-29H,5,8,10-11,14-15,17-22,25-27H2,1H3,(H2,48,50)(H,49,52,60)(H,51,58,59). The van der Waals surface area contributed by atoms with Gasteiger partial charge >= 0.3 is 0 Å². The van der Waals surface area contributed by atoms with E-state index in [1.54, 1.807) is 29.4 Å². The minimum absolute atomic E-state index is 0.111. The molecule has 0 aliphatic carbocycles. The number of hydrogen-bond acceptors (Lipinski definition) is 13. The van der Waals surface area contributed by atoms with E-state index in [4.69, 9.17) is 36.5 Å². The lowest BCUT2D eigenvalue weighted by Gasteiger charge is -2.54. The number of nitrogens with one attached hydrogen (secondary N) is 2. The molecule has 0 radical (unpaired) electrons. The monoisotopic (exact) mass is 896 g/mol. The lowest BCUT2D eigenvalue weighted by atomic mass is 9.72. The summed E-state index contributed by atoms with van der Waals surface area (Å²) in [5, 5.41) is 5.18. The van der Waals surface area contributed by atoms with Gasteiger partial charge in [-0.1, -0.05) is 23.7 Å². The van der Waals surface area contributed by atoms with Crippen LogP contribution in [-0.4, -0.2) is 125 Å². The smallest absolute Gasteiger partial charge is 0.258 e. The number of halogens is 2. The van der Waals surface area contributed by atoms with Gasteiger partial charge in [-0.15, -0.1) is 0 Å². The number of pyridine rings is 1. The largest absolute Gasteiger partial charge is 0.490 e. The number of imide groups is 1. The van der Waals surface area contributed by atoms with Crippen LogP contribution in [0.5, 0.6) is 5.75 Å². The Kier molecular flexibility index (Phi) is 13.6. The highest BCUT2D eigenvalue weighted by Crippen LogP contribution is 2.42. The molecule has 3 aliphatic rings. The van der Waals surface area contributed by atoms with Crippen molar-refractivity contribution in [1.29, 1.82) is 0 Å². The summed E-state index contributed by atoms with van der Waals surface area (Å²) in [5.74, 6) is -0.0161. The fourth-order valence-electron chi connectivity index (χ4n) is 8.71. The molecule has 2 aromatic carbocycles. The van der Waals surface area contributed by atoms with Crippen molar-refractivity contribution in [2.24, 2.45) is 5.41 Å². The number of rotatable bonds is 19. The normalized spacial score (nSPS) is 16.1. The van der Waals surface area contributed by atoms with E-state index in [-0.39, 0.29) is 59.1 Å². The number of hydrogen-bond donors (Lipinski definition) is 3. The van der Waals surface area contributed by atoms with E-state index < -0.39 is 11.7 Å². The number of anilines is 3. The zero-order valence-corrected chi connectivity index (χ0v) is 36.2. The fourth-order valence-corrected chi connectivity index (χ4v) is 8.87. The molecular weight excluding hydrogens is 847 g/mol. The third-order valence-electron chi connectivity index (χ3n) is 12.1. The van der Waals surface area contributed by atoms with Gasteiger partial charge in [-0.3, -0.25) is 33.8 Å². The van der Waals surface area contributed by atoms with E-state index in [0.717, 1.165) is 51.1 Å². The molecule has 2 fully saturated rings. The molecule has 19 heteroatoms. The number of piperidine rings is 1. The van der Waals surface area contributed by atoms with Gasteiger partial charge in [-0.2, -0.15) is 0 Å². The van der Waals surface area contributed by atoms with Crippen molar-refractivity contribution >= 4 is 58.8 Å². The molecule has 3 aliphatic heterocycles. The highest BCUT2D eigenvalue weighted by Gasteiger charge is 2.45. The van der Waals surface area contributed by atoms with Crippen LogP contribution in [0, 0.1) is 11.2 Å². The Balaban J connectivity index is 0.746. The van der Waals surface area contributed by atoms with Crippen LogP contribution < -0.4 is 26.0 Å². The van der Waals surface area contributed by atoms with Gasteiger partial charge < -0.3 is 35.1 Å². The average Bonchev–Trinajstić information content (AvgIpc) is 3.83. The minimum Gasteiger partial charge on any atom is -0.490 e. The second-order valence-corrected chi connectivity index (χ2v) is 16.8. The van der Waals surface area contributed by atoms with Crippen molar-refractivity contribution < 1.29 is 37.8 Å². The summed E-state index contributed by atoms with van der Waals surface area (Å²) in [4.78, 5) is 68.0. The van der Waals surface area contributed by atoms with Crippen molar-refractivity contribution in [3.63, 3.8) is 0 Å². The molecular formula is C45H50ClFN10O7. The first-order valence-electron chi connectivity index (χ1n) is 21.3. The molecule has 1 spiro atoms. The van der Waals surface area contributed by atoms with Gasteiger partial charge in [-0.25, -0.2) is 19.3 Å². The summed E-state index contributed by atoms with van der Waals surface area (Å²) in [5.41, 5.74) is 9.15. The van der Waals surface area contributed by atoms with Gasteiger partial charge in [-0.05, 0) is 73.6 Å². The molecule has 5 aromatic rings. The van der Waals surface area contributed by atoms with Crippen LogP contribution in [0.2, 0.25) is 5.02 Å². The van der Waals surface area contributed by atoms with Gasteiger partial charge in [0.1, 0.15) is 41.0 Å². The number of nitrogen functional groups attached to an aromatic ring is 1. The second kappa shape index (κ2) is 19.7. The van der Waals surface area contributed by atoms with Gasteiger partial charge in [0.25, 0.3) is 11.8 Å². The molecule has 336 valence electrons. The number of fused-ring (bicyclic) bond motifs is 2. The first kappa shape index (κ1) is 44.4. The van der Waals surface area contributed by atoms with Crippen molar-refractivity contribution in [3.8, 4) is 17.0 Å². The maximum absolute atomic E-state index is 15.8. The molecule has 2 saturated heterocycles. The Bertz CT molecular complexity index is 2530. The van der Waals surface area contributed by atoms with E-state index in [0.29, 0.717) is 79.3 Å². The van der Waals surface area contributed by atoms with Crippen molar-refractivity contribution in [2.45, 2.75) is 45.2 Å². The van der Waals surface area contributed by atoms with Crippen LogP contribution in [0.15, 0.2) is 67.1 Å². The molecule has 8 rings (SSSR count). The maximum Gasteiger partial charge on any atom is 0.258 e. The Hall–Kier alpha value is -6.21. The molecule has 3 aromatic heterocycles. The predicted molar refractivity (Wildman–Crippen MR) is 237 cm³/mol. The Morgan fingerprint density at radius 2 is 1.80 bits per heavy atom. The van der Waals surface area contributed by atoms with Gasteiger partial charge in [0.15, 0.2) is 0 Å². The number of nitrogens with two attached hydrogens (primary N) is 1. The first-order chi connectivity index (χ1) is 31.0. The van der Waals surface area contributed by atoms with Crippen molar-refractivity contribution in [2.75, 3.05) is 81.7 Å². The number of likely N-dealkylation sites (tertiary alicyclic amines) is 1. The Morgan fingerprint density at radius 3 is 2.56 bits per heavy atom. The average molecular weight is 897 g/mol. The topological polar surface area (TPSA) is 199 Å². The molecule has 6 heterocycles. The van der Waals surface area contributed by atoms with Gasteiger partial charge in [0, 0.05) is 86.5 Å². The fraction of sp³-hybridized carbons (Fsp3) is 0.400. The summed E-state index contributed by atoms with van der Waals surface area (Å²) in [6, 6.07) is 12.7. The number of carbonyl (C=O) groups is 4. The van der Waals surface area contributed by atoms with Crippen LogP contribution in [0.1, 0.15) is 58.9 Å². The van der Waals surface area contributed by atoms with E-state index in [1.165, 1.54) is 30.5 Å². The number of benzene rings is 2. The molecule has 64 heavy (non-hydrogen) atoms. The number of amides is 4. The number of nitrogens with zero attached hydrogens (tertiary/aromatic N) is 7. The van der Waals surface area contributed by atoms with E-state index >= 15 is 4.39 Å². The number of carbonyl (C=O) groups excluding carboxylic acids is 4. The van der Waals surface area contributed by atoms with Crippen LogP contribution in [-0.2, 0) is 25.6 Å². The predicted octanol–water partition coefficient (Wildman–Crippen LogP) is 4.83. The van der Waals surface area contributed by atoms with Crippen molar-refractivity contribution in [1.82, 2.24) is 34.5 Å². The molecule has 4 amide bonds. The third kappa shape index (κ3) is 9.79. The summed E-state index contributed by atoms with van der Waals surface area (Å²) < 4.78 is 35.2. The van der Waals surface area contributed by atoms with Gasteiger partial charge in [0.2, 0.25) is 18.3 Å². The molecule has 1 atom stereocenters. The van der Waals surface area contributed by atoms with Crippen LogP contribution >= 0.6 is 11.6 Å². The zero-order valence-electron chi connectivity index (χ0n) is 35.4.